The number of carbonyl (C=O) groups excluding carboxylic acids is 4. The number of hydrogen-bond acceptors (Lipinski definition) is 6. The fourth-order valence-corrected chi connectivity index (χ4v) is 1.47. The Labute approximate surface area is 99.2 Å². The first-order chi connectivity index (χ1) is 6.59. The molecule has 0 unspecified atom stereocenters. The first-order valence-corrected chi connectivity index (χ1v) is 6.18. The van der Waals surface area contributed by atoms with Gasteiger partial charge in [-0.05, 0) is 13.8 Å². The van der Waals surface area contributed by atoms with Gasteiger partial charge in [0.05, 0.1) is 0 Å². The molecule has 7 heteroatoms. The second kappa shape index (κ2) is 13.2. The molecule has 0 aromatic carbocycles. The van der Waals surface area contributed by atoms with Crippen molar-refractivity contribution in [1.29, 1.82) is 0 Å². The molecule has 0 spiro atoms. The third kappa shape index (κ3) is 164. The Bertz CT molecular complexity index is 203. The van der Waals surface area contributed by atoms with Crippen LogP contribution in [0.1, 0.15) is 27.7 Å². The Morgan fingerprint density at radius 3 is 0.867 bits per heavy atom. The summed E-state index contributed by atoms with van der Waals surface area (Å²) in [6.45, 7) is 4.90. The van der Waals surface area contributed by atoms with Crippen molar-refractivity contribution in [3.63, 3.8) is 0 Å². The number of carbonyl (C=O) groups is 4. The molecule has 0 aromatic heterocycles. The molecule has 0 heterocycles. The van der Waals surface area contributed by atoms with E-state index in [0.717, 1.165) is 13.8 Å². The molecule has 0 aromatic rings. The fraction of sp³-hybridized carbons (Fsp3) is 0.500. The summed E-state index contributed by atoms with van der Waals surface area (Å²) >= 11 is -1.24. The van der Waals surface area contributed by atoms with Gasteiger partial charge in [0.2, 0.25) is 0 Å². The van der Waals surface area contributed by atoms with E-state index in [9.17, 15) is 9.59 Å². The zero-order valence-electron chi connectivity index (χ0n) is 8.95. The van der Waals surface area contributed by atoms with Crippen molar-refractivity contribution in [3.05, 3.63) is 0 Å². The van der Waals surface area contributed by atoms with Crippen LogP contribution in [0, 0.1) is 0 Å². The van der Waals surface area contributed by atoms with E-state index in [-0.39, 0.29) is 6.98 Å². The average Bonchev–Trinajstić information content (AvgIpc) is 1.78. The van der Waals surface area contributed by atoms with E-state index in [1.807, 2.05) is 0 Å². The number of hydrogen-bond donors (Lipinski definition) is 0. The standard InChI is InChI=1S/2C2H4O2.2C2H3O.Zr/c2*1-2(3)4;2*1-2-3;/h2*1H3,(H,3,4);2*1H3;/q;;;;+2/p-2. The van der Waals surface area contributed by atoms with Crippen LogP contribution >= 0.6 is 0 Å². The van der Waals surface area contributed by atoms with Crippen LogP contribution < -0.4 is 10.2 Å². The second-order valence-corrected chi connectivity index (χ2v) is 6.30. The number of aliphatic carboxylic acids is 2. The molecule has 15 heavy (non-hydrogen) atoms. The Hall–Kier alpha value is -0.837. The van der Waals surface area contributed by atoms with Crippen LogP contribution in [0.5, 0.6) is 0 Å². The molecule has 0 fully saturated rings. The van der Waals surface area contributed by atoms with Gasteiger partial charge in [-0.25, -0.2) is 0 Å². The van der Waals surface area contributed by atoms with Crippen LogP contribution in [0.4, 0.5) is 0 Å². The summed E-state index contributed by atoms with van der Waals surface area (Å²) in [7, 11) is 0. The molecule has 0 amide bonds. The molecule has 0 saturated heterocycles. The SMILES string of the molecule is CC(=O)[O-].CC(=O)[O-].C[C](=O)[Zr+2][C](C)=O. The Balaban J connectivity index is -0.000000155. The van der Waals surface area contributed by atoms with E-state index < -0.39 is 35.2 Å². The van der Waals surface area contributed by atoms with Crippen LogP contribution in [0.15, 0.2) is 0 Å². The molecule has 0 rings (SSSR count). The molecule has 0 saturated carbocycles. The number of rotatable bonds is 2. The first-order valence-electron chi connectivity index (χ1n) is 3.72. The van der Waals surface area contributed by atoms with Gasteiger partial charge < -0.3 is 19.8 Å². The summed E-state index contributed by atoms with van der Waals surface area (Å²) in [5.74, 6) is -2.17. The quantitative estimate of drug-likeness (QED) is 0.564. The van der Waals surface area contributed by atoms with Gasteiger partial charge in [-0.3, -0.25) is 0 Å². The third-order valence-electron chi connectivity index (χ3n) is 0.352. The Morgan fingerprint density at radius 2 is 0.867 bits per heavy atom. The van der Waals surface area contributed by atoms with E-state index in [1.165, 1.54) is 13.8 Å². The van der Waals surface area contributed by atoms with Crippen molar-refractivity contribution in [3.8, 4) is 0 Å². The van der Waals surface area contributed by atoms with E-state index in [4.69, 9.17) is 19.8 Å². The van der Waals surface area contributed by atoms with Crippen LogP contribution in [-0.4, -0.2) is 18.9 Å². The second-order valence-electron chi connectivity index (χ2n) is 2.22. The van der Waals surface area contributed by atoms with Gasteiger partial charge in [-0.15, -0.1) is 0 Å². The molecule has 0 aliphatic heterocycles. The summed E-state index contributed by atoms with van der Waals surface area (Å²) in [4.78, 5) is 38.0. The predicted octanol–water partition coefficient (Wildman–Crippen LogP) is -2.33. The van der Waals surface area contributed by atoms with Gasteiger partial charge in [0.25, 0.3) is 0 Å². The van der Waals surface area contributed by atoms with Gasteiger partial charge in [0, 0.05) is 11.9 Å². The minimum absolute atomic E-state index is 0.108. The van der Waals surface area contributed by atoms with Crippen LogP contribution in [0.2, 0.25) is 0 Å². The van der Waals surface area contributed by atoms with E-state index >= 15 is 0 Å². The van der Waals surface area contributed by atoms with Crippen molar-refractivity contribution >= 4 is 18.9 Å². The van der Waals surface area contributed by atoms with Crippen molar-refractivity contribution < 1.29 is 52.6 Å². The zero-order chi connectivity index (χ0) is 13.0. The summed E-state index contributed by atoms with van der Waals surface area (Å²) in [6.07, 6.45) is 0. The van der Waals surface area contributed by atoms with Gasteiger partial charge in [0.1, 0.15) is 0 Å². The summed E-state index contributed by atoms with van der Waals surface area (Å²) in [5.41, 5.74) is 0. The molecular weight excluding hydrogens is 283 g/mol. The first kappa shape index (κ1) is 19.7. The predicted molar refractivity (Wildman–Crippen MR) is 42.7 cm³/mol. The molecule has 0 bridgehead atoms. The minimum atomic E-state index is -1.24. The number of carboxylic acids is 2. The topological polar surface area (TPSA) is 114 Å². The normalized spacial score (nSPS) is 6.67. The third-order valence-corrected chi connectivity index (χ3v) is 2.08. The van der Waals surface area contributed by atoms with Crippen molar-refractivity contribution in [2.24, 2.45) is 0 Å². The van der Waals surface area contributed by atoms with Crippen molar-refractivity contribution in [2.75, 3.05) is 0 Å². The molecule has 0 aliphatic carbocycles. The van der Waals surface area contributed by atoms with Gasteiger partial charge in [-0.1, -0.05) is 0 Å². The van der Waals surface area contributed by atoms with E-state index in [2.05, 4.69) is 0 Å². The molecule has 0 aliphatic rings. The van der Waals surface area contributed by atoms with Crippen LogP contribution in [-0.2, 0) is 42.4 Å². The molecule has 6 nitrogen and oxygen atoms in total. The van der Waals surface area contributed by atoms with Gasteiger partial charge in [0.15, 0.2) is 0 Å². The maximum atomic E-state index is 10.1. The summed E-state index contributed by atoms with van der Waals surface area (Å²) < 4.78 is 0.215. The molecule has 84 valence electrons. The van der Waals surface area contributed by atoms with Gasteiger partial charge in [-0.2, -0.15) is 0 Å². The van der Waals surface area contributed by atoms with E-state index in [0.29, 0.717) is 0 Å². The zero-order valence-corrected chi connectivity index (χ0v) is 11.4. The van der Waals surface area contributed by atoms with Gasteiger partial charge >= 0.3 is 53.7 Å². The molecule has 0 atom stereocenters. The summed E-state index contributed by atoms with van der Waals surface area (Å²) in [6, 6.07) is 0. The molecule has 0 N–H and O–H groups in total. The molecule has 0 radical (unpaired) electrons. The van der Waals surface area contributed by atoms with Crippen LogP contribution in [0.3, 0.4) is 0 Å². The Morgan fingerprint density at radius 1 is 0.733 bits per heavy atom. The monoisotopic (exact) mass is 294 g/mol. The number of carboxylic acid groups (broad SMARTS) is 2. The fourth-order valence-electron chi connectivity index (χ4n) is 0.248. The summed E-state index contributed by atoms with van der Waals surface area (Å²) in [5, 5.41) is 17.8. The Kier molecular flexibility index (Phi) is 17.3. The van der Waals surface area contributed by atoms with E-state index in [1.54, 1.807) is 0 Å². The van der Waals surface area contributed by atoms with Crippen molar-refractivity contribution in [1.82, 2.24) is 0 Å². The maximum absolute atomic E-state index is 10.1. The van der Waals surface area contributed by atoms with Crippen molar-refractivity contribution in [2.45, 2.75) is 27.7 Å². The molecular formula is C8H12O6Zr. The van der Waals surface area contributed by atoms with Crippen LogP contribution in [0.25, 0.3) is 0 Å². The average molecular weight is 295 g/mol.